The number of aromatic nitrogens is 1. The molecule has 2 fully saturated rings. The largest absolute Gasteiger partial charge is 0.356 e. The summed E-state index contributed by atoms with van der Waals surface area (Å²) in [5.74, 6) is 0.130. The molecule has 146 valence electrons. The summed E-state index contributed by atoms with van der Waals surface area (Å²) in [4.78, 5) is 44.1. The number of likely N-dealkylation sites (tertiary alicyclic amines) is 2. The average Bonchev–Trinajstić information content (AvgIpc) is 2.65. The van der Waals surface area contributed by atoms with Gasteiger partial charge in [0.05, 0.1) is 12.2 Å². The second-order valence-corrected chi connectivity index (χ2v) is 7.72. The van der Waals surface area contributed by atoms with Crippen LogP contribution in [0.3, 0.4) is 0 Å². The minimum absolute atomic E-state index is 0.0232. The van der Waals surface area contributed by atoms with Gasteiger partial charge in [-0.15, -0.1) is 0 Å². The molecule has 0 saturated carbocycles. The SMILES string of the molecule is CC(=O)NCCC(=O)N1CCC[C@@]2(CCC(=O)N(Cc3ccccn3)C2)C1. The Hall–Kier alpha value is -2.44. The van der Waals surface area contributed by atoms with Crippen molar-refractivity contribution in [2.75, 3.05) is 26.2 Å². The molecule has 2 saturated heterocycles. The number of pyridine rings is 1. The van der Waals surface area contributed by atoms with Crippen molar-refractivity contribution in [3.8, 4) is 0 Å². The smallest absolute Gasteiger partial charge is 0.224 e. The van der Waals surface area contributed by atoms with Crippen LogP contribution in [0, 0.1) is 5.41 Å². The molecule has 7 nitrogen and oxygen atoms in total. The van der Waals surface area contributed by atoms with Crippen LogP contribution in [0.25, 0.3) is 0 Å². The van der Waals surface area contributed by atoms with Crippen molar-refractivity contribution in [2.45, 2.75) is 45.6 Å². The van der Waals surface area contributed by atoms with Crippen molar-refractivity contribution < 1.29 is 14.4 Å². The minimum atomic E-state index is -0.117. The van der Waals surface area contributed by atoms with Crippen LogP contribution in [-0.2, 0) is 20.9 Å². The molecule has 1 aromatic rings. The van der Waals surface area contributed by atoms with Gasteiger partial charge in [-0.2, -0.15) is 0 Å². The van der Waals surface area contributed by atoms with Gasteiger partial charge in [0, 0.05) is 57.6 Å². The van der Waals surface area contributed by atoms with Crippen LogP contribution >= 0.6 is 0 Å². The lowest BCUT2D eigenvalue weighted by Crippen LogP contribution is -2.55. The number of hydrogen-bond acceptors (Lipinski definition) is 4. The molecule has 0 radical (unpaired) electrons. The number of nitrogens with zero attached hydrogens (tertiary/aromatic N) is 3. The van der Waals surface area contributed by atoms with Gasteiger partial charge in [-0.1, -0.05) is 6.07 Å². The Balaban J connectivity index is 1.61. The highest BCUT2D eigenvalue weighted by atomic mass is 16.2. The van der Waals surface area contributed by atoms with E-state index in [1.807, 2.05) is 28.0 Å². The number of carbonyl (C=O) groups is 3. The predicted octanol–water partition coefficient (Wildman–Crippen LogP) is 1.34. The molecular formula is C20H28N4O3. The zero-order chi connectivity index (χ0) is 19.3. The highest BCUT2D eigenvalue weighted by molar-refractivity contribution is 5.79. The normalized spacial score (nSPS) is 22.8. The number of amides is 3. The molecule has 1 aromatic heterocycles. The van der Waals surface area contributed by atoms with E-state index >= 15 is 0 Å². The first-order valence-corrected chi connectivity index (χ1v) is 9.67. The Bertz CT molecular complexity index is 694. The van der Waals surface area contributed by atoms with Gasteiger partial charge < -0.3 is 15.1 Å². The summed E-state index contributed by atoms with van der Waals surface area (Å²) in [5.41, 5.74) is 0.867. The van der Waals surface area contributed by atoms with E-state index in [4.69, 9.17) is 0 Å². The molecule has 0 unspecified atom stereocenters. The minimum Gasteiger partial charge on any atom is -0.356 e. The average molecular weight is 372 g/mol. The molecular weight excluding hydrogens is 344 g/mol. The first-order valence-electron chi connectivity index (χ1n) is 9.67. The monoisotopic (exact) mass is 372 g/mol. The van der Waals surface area contributed by atoms with Crippen molar-refractivity contribution in [3.63, 3.8) is 0 Å². The Labute approximate surface area is 160 Å². The molecule has 1 atom stereocenters. The van der Waals surface area contributed by atoms with Crippen molar-refractivity contribution >= 4 is 17.7 Å². The fourth-order valence-electron chi connectivity index (χ4n) is 4.19. The van der Waals surface area contributed by atoms with Gasteiger partial charge in [-0.25, -0.2) is 0 Å². The zero-order valence-electron chi connectivity index (χ0n) is 15.9. The van der Waals surface area contributed by atoms with Gasteiger partial charge in [-0.3, -0.25) is 19.4 Å². The molecule has 27 heavy (non-hydrogen) atoms. The fourth-order valence-corrected chi connectivity index (χ4v) is 4.19. The van der Waals surface area contributed by atoms with Crippen LogP contribution in [0.15, 0.2) is 24.4 Å². The van der Waals surface area contributed by atoms with Crippen molar-refractivity contribution in [2.24, 2.45) is 5.41 Å². The summed E-state index contributed by atoms with van der Waals surface area (Å²) >= 11 is 0. The first-order chi connectivity index (χ1) is 13.0. The quantitative estimate of drug-likeness (QED) is 0.846. The predicted molar refractivity (Wildman–Crippen MR) is 100 cm³/mol. The van der Waals surface area contributed by atoms with Crippen molar-refractivity contribution in [1.82, 2.24) is 20.1 Å². The molecule has 0 aliphatic carbocycles. The Morgan fingerprint density at radius 3 is 2.85 bits per heavy atom. The molecule has 2 aliphatic heterocycles. The zero-order valence-corrected chi connectivity index (χ0v) is 15.9. The molecule has 3 amide bonds. The molecule has 0 aromatic carbocycles. The van der Waals surface area contributed by atoms with E-state index in [1.54, 1.807) is 6.20 Å². The van der Waals surface area contributed by atoms with Crippen molar-refractivity contribution in [3.05, 3.63) is 30.1 Å². The summed E-state index contributed by atoms with van der Waals surface area (Å²) in [5, 5.41) is 2.68. The standard InChI is InChI=1S/C20H28N4O3/c1-16(25)21-11-7-19(27)23-12-4-8-20(14-23)9-6-18(26)24(15-20)13-17-5-2-3-10-22-17/h2-3,5,10H,4,6-9,11-15H2,1H3,(H,21,25)/t20-/m1/s1. The lowest BCUT2D eigenvalue weighted by molar-refractivity contribution is -0.143. The van der Waals surface area contributed by atoms with Crippen LogP contribution in [0.2, 0.25) is 0 Å². The summed E-state index contributed by atoms with van der Waals surface area (Å²) < 4.78 is 0. The number of rotatable bonds is 5. The molecule has 7 heteroatoms. The van der Waals surface area contributed by atoms with Crippen LogP contribution in [0.5, 0.6) is 0 Å². The summed E-state index contributed by atoms with van der Waals surface area (Å²) in [6.45, 7) is 4.49. The van der Waals surface area contributed by atoms with Gasteiger partial charge >= 0.3 is 0 Å². The number of piperidine rings is 2. The maximum Gasteiger partial charge on any atom is 0.224 e. The van der Waals surface area contributed by atoms with E-state index in [-0.39, 0.29) is 23.1 Å². The van der Waals surface area contributed by atoms with Crippen molar-refractivity contribution in [1.29, 1.82) is 0 Å². The Morgan fingerprint density at radius 2 is 2.11 bits per heavy atom. The molecule has 3 rings (SSSR count). The topological polar surface area (TPSA) is 82.6 Å². The van der Waals surface area contributed by atoms with Gasteiger partial charge in [0.2, 0.25) is 17.7 Å². The number of carbonyl (C=O) groups excluding carboxylic acids is 3. The maximum atomic E-state index is 12.5. The third-order valence-corrected chi connectivity index (χ3v) is 5.55. The first kappa shape index (κ1) is 19.3. The highest BCUT2D eigenvalue weighted by Gasteiger charge is 2.42. The second kappa shape index (κ2) is 8.50. The highest BCUT2D eigenvalue weighted by Crippen LogP contribution is 2.39. The van der Waals surface area contributed by atoms with Gasteiger partial charge in [-0.05, 0) is 31.4 Å². The lowest BCUT2D eigenvalue weighted by Gasteiger charge is -2.48. The molecule has 2 aliphatic rings. The van der Waals surface area contributed by atoms with Gasteiger partial charge in [0.1, 0.15) is 0 Å². The fraction of sp³-hybridized carbons (Fsp3) is 0.600. The summed E-state index contributed by atoms with van der Waals surface area (Å²) in [7, 11) is 0. The maximum absolute atomic E-state index is 12.5. The number of nitrogens with one attached hydrogen (secondary N) is 1. The van der Waals surface area contributed by atoms with E-state index in [2.05, 4.69) is 10.3 Å². The van der Waals surface area contributed by atoms with E-state index in [0.717, 1.165) is 31.5 Å². The Kier molecular flexibility index (Phi) is 6.08. The van der Waals surface area contributed by atoms with Gasteiger partial charge in [0.15, 0.2) is 0 Å². The lowest BCUT2D eigenvalue weighted by atomic mass is 9.73. The molecule has 3 heterocycles. The molecule has 1 spiro atoms. The molecule has 0 bridgehead atoms. The van der Waals surface area contributed by atoms with Crippen LogP contribution in [0.1, 0.15) is 44.7 Å². The third-order valence-electron chi connectivity index (χ3n) is 5.55. The Morgan fingerprint density at radius 1 is 1.26 bits per heavy atom. The molecule has 1 N–H and O–H groups in total. The summed E-state index contributed by atoms with van der Waals surface area (Å²) in [6.07, 6.45) is 5.43. The van der Waals surface area contributed by atoms with Crippen LogP contribution < -0.4 is 5.32 Å². The van der Waals surface area contributed by atoms with E-state index in [9.17, 15) is 14.4 Å². The van der Waals surface area contributed by atoms with Crippen LogP contribution in [0.4, 0.5) is 0 Å². The van der Waals surface area contributed by atoms with Crippen LogP contribution in [-0.4, -0.2) is 58.7 Å². The third kappa shape index (κ3) is 5.05. The van der Waals surface area contributed by atoms with E-state index < -0.39 is 0 Å². The van der Waals surface area contributed by atoms with E-state index in [1.165, 1.54) is 6.92 Å². The van der Waals surface area contributed by atoms with Gasteiger partial charge in [0.25, 0.3) is 0 Å². The second-order valence-electron chi connectivity index (χ2n) is 7.72. The number of hydrogen-bond donors (Lipinski definition) is 1. The summed E-state index contributed by atoms with van der Waals surface area (Å²) in [6, 6.07) is 5.74. The van der Waals surface area contributed by atoms with E-state index in [0.29, 0.717) is 39.0 Å².